The molecule has 1 atom stereocenters. The second-order valence-corrected chi connectivity index (χ2v) is 5.22. The normalized spacial score (nSPS) is 21.3. The minimum Gasteiger partial charge on any atom is -0.395 e. The van der Waals surface area contributed by atoms with Crippen LogP contribution >= 0.6 is 0 Å². The van der Waals surface area contributed by atoms with Crippen LogP contribution in [0.3, 0.4) is 0 Å². The minimum absolute atomic E-state index is 0.149. The van der Waals surface area contributed by atoms with E-state index >= 15 is 0 Å². The second-order valence-electron chi connectivity index (χ2n) is 3.52. The Morgan fingerprint density at radius 1 is 1.43 bits per heavy atom. The van der Waals surface area contributed by atoms with Crippen molar-refractivity contribution in [1.29, 1.82) is 0 Å². The summed E-state index contributed by atoms with van der Waals surface area (Å²) in [6, 6.07) is -0.361. The fourth-order valence-corrected chi connectivity index (χ4v) is 3.01. The fourth-order valence-electron chi connectivity index (χ4n) is 1.46. The van der Waals surface area contributed by atoms with Gasteiger partial charge in [0, 0.05) is 19.1 Å². The summed E-state index contributed by atoms with van der Waals surface area (Å²) >= 11 is 0. The van der Waals surface area contributed by atoms with E-state index in [4.69, 9.17) is 5.11 Å². The van der Waals surface area contributed by atoms with Crippen molar-refractivity contribution in [2.24, 2.45) is 0 Å². The van der Waals surface area contributed by atoms with E-state index in [1.807, 2.05) is 6.92 Å². The first-order chi connectivity index (χ1) is 6.60. The van der Waals surface area contributed by atoms with Gasteiger partial charge in [-0.15, -0.1) is 0 Å². The summed E-state index contributed by atoms with van der Waals surface area (Å²) in [5.41, 5.74) is 0. The molecule has 0 aromatic rings. The van der Waals surface area contributed by atoms with Gasteiger partial charge >= 0.3 is 0 Å². The molecule has 1 fully saturated rings. The van der Waals surface area contributed by atoms with Crippen molar-refractivity contribution >= 4 is 10.2 Å². The number of nitrogens with one attached hydrogen (secondary N) is 1. The SMILES string of the molecule is CC[C@@H](CO)NS(=O)(=O)N1CCCC1. The van der Waals surface area contributed by atoms with Crippen molar-refractivity contribution in [3.05, 3.63) is 0 Å². The molecule has 0 spiro atoms. The Kier molecular flexibility index (Phi) is 4.31. The standard InChI is InChI=1S/C8H18N2O3S/c1-2-8(7-11)9-14(12,13)10-5-3-4-6-10/h8-9,11H,2-7H2,1H3/t8-/m0/s1. The predicted molar refractivity (Wildman–Crippen MR) is 54.0 cm³/mol. The molecule has 6 heteroatoms. The monoisotopic (exact) mass is 222 g/mol. The lowest BCUT2D eigenvalue weighted by molar-refractivity contribution is 0.251. The highest BCUT2D eigenvalue weighted by molar-refractivity contribution is 7.87. The molecule has 0 unspecified atom stereocenters. The van der Waals surface area contributed by atoms with Crippen molar-refractivity contribution in [3.8, 4) is 0 Å². The Morgan fingerprint density at radius 2 is 2.00 bits per heavy atom. The van der Waals surface area contributed by atoms with Gasteiger partial charge in [-0.25, -0.2) is 0 Å². The summed E-state index contributed by atoms with van der Waals surface area (Å²) in [5.74, 6) is 0. The summed E-state index contributed by atoms with van der Waals surface area (Å²) in [4.78, 5) is 0. The molecule has 0 amide bonds. The second kappa shape index (κ2) is 5.06. The lowest BCUT2D eigenvalue weighted by atomic mass is 10.3. The van der Waals surface area contributed by atoms with Crippen LogP contribution in [0.4, 0.5) is 0 Å². The van der Waals surface area contributed by atoms with Crippen LogP contribution < -0.4 is 4.72 Å². The molecule has 1 aliphatic rings. The third-order valence-corrected chi connectivity index (χ3v) is 4.11. The number of hydrogen-bond acceptors (Lipinski definition) is 3. The van der Waals surface area contributed by atoms with Gasteiger partial charge in [0.1, 0.15) is 0 Å². The largest absolute Gasteiger partial charge is 0.395 e. The number of aliphatic hydroxyl groups is 1. The molecular formula is C8H18N2O3S. The zero-order valence-electron chi connectivity index (χ0n) is 8.44. The van der Waals surface area contributed by atoms with Gasteiger partial charge in [0.2, 0.25) is 0 Å². The van der Waals surface area contributed by atoms with Crippen LogP contribution in [0.5, 0.6) is 0 Å². The number of rotatable bonds is 5. The van der Waals surface area contributed by atoms with Crippen LogP contribution in [0.1, 0.15) is 26.2 Å². The molecule has 14 heavy (non-hydrogen) atoms. The maximum atomic E-state index is 11.7. The lowest BCUT2D eigenvalue weighted by Gasteiger charge is -2.20. The summed E-state index contributed by atoms with van der Waals surface area (Å²) in [6.45, 7) is 2.88. The summed E-state index contributed by atoms with van der Waals surface area (Å²) in [7, 11) is -3.36. The van der Waals surface area contributed by atoms with E-state index in [0.717, 1.165) is 12.8 Å². The zero-order valence-corrected chi connectivity index (χ0v) is 9.26. The first-order valence-corrected chi connectivity index (χ1v) is 6.42. The Hall–Kier alpha value is -0.170. The Labute approximate surface area is 85.3 Å². The molecule has 1 rings (SSSR count). The Balaban J connectivity index is 2.56. The van der Waals surface area contributed by atoms with Gasteiger partial charge in [-0.1, -0.05) is 6.92 Å². The van der Waals surface area contributed by atoms with Crippen molar-refractivity contribution in [1.82, 2.24) is 9.03 Å². The van der Waals surface area contributed by atoms with Gasteiger partial charge in [0.15, 0.2) is 0 Å². The first kappa shape index (κ1) is 11.9. The van der Waals surface area contributed by atoms with Crippen molar-refractivity contribution < 1.29 is 13.5 Å². The minimum atomic E-state index is -3.36. The summed E-state index contributed by atoms with van der Waals surface area (Å²) in [5, 5.41) is 8.89. The van der Waals surface area contributed by atoms with Crippen molar-refractivity contribution in [3.63, 3.8) is 0 Å². The average molecular weight is 222 g/mol. The molecule has 0 bridgehead atoms. The van der Waals surface area contributed by atoms with E-state index in [1.165, 1.54) is 4.31 Å². The van der Waals surface area contributed by atoms with Gasteiger partial charge in [-0.05, 0) is 19.3 Å². The highest BCUT2D eigenvalue weighted by Gasteiger charge is 2.26. The zero-order chi connectivity index (χ0) is 10.6. The lowest BCUT2D eigenvalue weighted by Crippen LogP contribution is -2.45. The smallest absolute Gasteiger partial charge is 0.279 e. The molecule has 84 valence electrons. The predicted octanol–water partition coefficient (Wildman–Crippen LogP) is -0.313. The molecule has 1 heterocycles. The van der Waals surface area contributed by atoms with Gasteiger partial charge in [0.25, 0.3) is 10.2 Å². The maximum absolute atomic E-state index is 11.7. The van der Waals surface area contributed by atoms with E-state index < -0.39 is 10.2 Å². The number of nitrogens with zero attached hydrogens (tertiary/aromatic N) is 1. The van der Waals surface area contributed by atoms with Crippen LogP contribution in [-0.4, -0.2) is 43.6 Å². The fraction of sp³-hybridized carbons (Fsp3) is 1.00. The van der Waals surface area contributed by atoms with Gasteiger partial charge in [0.05, 0.1) is 6.61 Å². The molecule has 2 N–H and O–H groups in total. The molecule has 0 radical (unpaired) electrons. The molecule has 1 aliphatic heterocycles. The summed E-state index contributed by atoms with van der Waals surface area (Å²) < 4.78 is 27.2. The maximum Gasteiger partial charge on any atom is 0.279 e. The Morgan fingerprint density at radius 3 is 2.43 bits per heavy atom. The van der Waals surface area contributed by atoms with Crippen LogP contribution in [0.2, 0.25) is 0 Å². The summed E-state index contributed by atoms with van der Waals surface area (Å²) in [6.07, 6.45) is 2.46. The third kappa shape index (κ3) is 2.91. The molecule has 1 saturated heterocycles. The molecule has 0 saturated carbocycles. The molecular weight excluding hydrogens is 204 g/mol. The third-order valence-electron chi connectivity index (χ3n) is 2.43. The Bertz CT molecular complexity index is 256. The molecule has 0 aromatic heterocycles. The van der Waals surface area contributed by atoms with Gasteiger partial charge < -0.3 is 5.11 Å². The quantitative estimate of drug-likeness (QED) is 0.670. The van der Waals surface area contributed by atoms with E-state index in [0.29, 0.717) is 19.5 Å². The highest BCUT2D eigenvalue weighted by Crippen LogP contribution is 2.11. The topological polar surface area (TPSA) is 69.6 Å². The average Bonchev–Trinajstić information content (AvgIpc) is 2.67. The van der Waals surface area contributed by atoms with Crippen molar-refractivity contribution in [2.45, 2.75) is 32.2 Å². The van der Waals surface area contributed by atoms with Crippen LogP contribution in [0.25, 0.3) is 0 Å². The van der Waals surface area contributed by atoms with Crippen LogP contribution in [0, 0.1) is 0 Å². The van der Waals surface area contributed by atoms with E-state index in [-0.39, 0.29) is 12.6 Å². The molecule has 0 aliphatic carbocycles. The van der Waals surface area contributed by atoms with Crippen molar-refractivity contribution in [2.75, 3.05) is 19.7 Å². The highest BCUT2D eigenvalue weighted by atomic mass is 32.2. The van der Waals surface area contributed by atoms with Gasteiger partial charge in [-0.2, -0.15) is 17.4 Å². The first-order valence-electron chi connectivity index (χ1n) is 4.98. The number of hydrogen-bond donors (Lipinski definition) is 2. The van der Waals surface area contributed by atoms with E-state index in [9.17, 15) is 8.42 Å². The number of aliphatic hydroxyl groups excluding tert-OH is 1. The van der Waals surface area contributed by atoms with E-state index in [2.05, 4.69) is 4.72 Å². The molecule has 5 nitrogen and oxygen atoms in total. The van der Waals surface area contributed by atoms with Crippen LogP contribution in [-0.2, 0) is 10.2 Å². The van der Waals surface area contributed by atoms with Crippen LogP contribution in [0.15, 0.2) is 0 Å². The van der Waals surface area contributed by atoms with Gasteiger partial charge in [-0.3, -0.25) is 0 Å². The van der Waals surface area contributed by atoms with E-state index in [1.54, 1.807) is 0 Å². The molecule has 0 aromatic carbocycles.